The highest BCUT2D eigenvalue weighted by atomic mass is 32.2. The fraction of sp³-hybridized carbons (Fsp3) is 0.350. The van der Waals surface area contributed by atoms with Crippen LogP contribution in [0.3, 0.4) is 0 Å². The van der Waals surface area contributed by atoms with Gasteiger partial charge < -0.3 is 14.8 Å². The van der Waals surface area contributed by atoms with E-state index in [1.54, 1.807) is 18.2 Å². The number of methoxy groups -OCH3 is 2. The first kappa shape index (κ1) is 21.6. The molecule has 0 heterocycles. The Bertz CT molecular complexity index is 941. The van der Waals surface area contributed by atoms with Crippen LogP contribution in [-0.2, 0) is 14.8 Å². The zero-order valence-corrected chi connectivity index (χ0v) is 17.5. The SMILES string of the molecule is COc1ccc(N(CC(=O)Nc2ccccc2C(C)C)S(C)(=O)=O)cc1OC. The Kier molecular flexibility index (Phi) is 6.90. The van der Waals surface area contributed by atoms with Crippen molar-refractivity contribution >= 4 is 27.3 Å². The standard InChI is InChI=1S/C20H26N2O5S/c1-14(2)16-8-6-7-9-17(16)21-20(23)13-22(28(5,24)25)15-10-11-18(26-3)19(12-15)27-4/h6-12,14H,13H2,1-5H3,(H,21,23). The lowest BCUT2D eigenvalue weighted by Gasteiger charge is -2.23. The van der Waals surface area contributed by atoms with Gasteiger partial charge in [0.1, 0.15) is 6.54 Å². The van der Waals surface area contributed by atoms with Gasteiger partial charge in [-0.05, 0) is 29.7 Å². The summed E-state index contributed by atoms with van der Waals surface area (Å²) in [5.41, 5.74) is 1.96. The van der Waals surface area contributed by atoms with E-state index in [-0.39, 0.29) is 12.5 Å². The number of amides is 1. The number of hydrogen-bond acceptors (Lipinski definition) is 5. The van der Waals surface area contributed by atoms with Gasteiger partial charge in [0.15, 0.2) is 11.5 Å². The number of para-hydroxylation sites is 1. The highest BCUT2D eigenvalue weighted by molar-refractivity contribution is 7.92. The minimum Gasteiger partial charge on any atom is -0.493 e. The van der Waals surface area contributed by atoms with E-state index in [4.69, 9.17) is 9.47 Å². The van der Waals surface area contributed by atoms with Crippen molar-refractivity contribution in [3.63, 3.8) is 0 Å². The molecule has 2 rings (SSSR count). The molecule has 0 aliphatic heterocycles. The van der Waals surface area contributed by atoms with E-state index in [1.807, 2.05) is 32.0 Å². The molecule has 0 aromatic heterocycles. The topological polar surface area (TPSA) is 84.9 Å². The molecule has 152 valence electrons. The van der Waals surface area contributed by atoms with Crippen molar-refractivity contribution in [3.05, 3.63) is 48.0 Å². The summed E-state index contributed by atoms with van der Waals surface area (Å²) in [7, 11) is -0.748. The number of carbonyl (C=O) groups is 1. The van der Waals surface area contributed by atoms with Crippen LogP contribution in [0.4, 0.5) is 11.4 Å². The van der Waals surface area contributed by atoms with Gasteiger partial charge >= 0.3 is 0 Å². The number of nitrogens with one attached hydrogen (secondary N) is 1. The smallest absolute Gasteiger partial charge is 0.245 e. The van der Waals surface area contributed by atoms with Gasteiger partial charge in [-0.2, -0.15) is 0 Å². The van der Waals surface area contributed by atoms with Gasteiger partial charge in [0.25, 0.3) is 0 Å². The average molecular weight is 407 g/mol. The quantitative estimate of drug-likeness (QED) is 0.727. The molecule has 1 amide bonds. The number of hydrogen-bond donors (Lipinski definition) is 1. The Morgan fingerprint density at radius 2 is 1.71 bits per heavy atom. The van der Waals surface area contributed by atoms with Crippen LogP contribution in [-0.4, -0.2) is 41.3 Å². The van der Waals surface area contributed by atoms with Crippen molar-refractivity contribution in [2.24, 2.45) is 0 Å². The van der Waals surface area contributed by atoms with E-state index >= 15 is 0 Å². The van der Waals surface area contributed by atoms with Crippen LogP contribution in [0.2, 0.25) is 0 Å². The monoisotopic (exact) mass is 406 g/mol. The van der Waals surface area contributed by atoms with Gasteiger partial charge in [-0.3, -0.25) is 9.10 Å². The fourth-order valence-corrected chi connectivity index (χ4v) is 3.66. The van der Waals surface area contributed by atoms with Gasteiger partial charge in [-0.1, -0.05) is 32.0 Å². The second kappa shape index (κ2) is 8.97. The van der Waals surface area contributed by atoms with E-state index in [2.05, 4.69) is 5.32 Å². The molecular formula is C20H26N2O5S. The van der Waals surface area contributed by atoms with E-state index in [1.165, 1.54) is 20.3 Å². The second-order valence-corrected chi connectivity index (χ2v) is 8.51. The fourth-order valence-electron chi connectivity index (χ4n) is 2.81. The predicted octanol–water partition coefficient (Wildman–Crippen LogP) is 3.23. The molecule has 0 aliphatic carbocycles. The third kappa shape index (κ3) is 5.16. The van der Waals surface area contributed by atoms with Crippen molar-refractivity contribution in [2.75, 3.05) is 36.6 Å². The highest BCUT2D eigenvalue weighted by Crippen LogP contribution is 2.32. The molecule has 8 heteroatoms. The number of rotatable bonds is 8. The molecule has 2 aromatic rings. The highest BCUT2D eigenvalue weighted by Gasteiger charge is 2.23. The molecule has 7 nitrogen and oxygen atoms in total. The van der Waals surface area contributed by atoms with E-state index in [9.17, 15) is 13.2 Å². The third-order valence-corrected chi connectivity index (χ3v) is 5.34. The van der Waals surface area contributed by atoms with Crippen molar-refractivity contribution in [3.8, 4) is 11.5 Å². The summed E-state index contributed by atoms with van der Waals surface area (Å²) < 4.78 is 36.1. The lowest BCUT2D eigenvalue weighted by Crippen LogP contribution is -2.37. The molecule has 0 aliphatic rings. The van der Waals surface area contributed by atoms with E-state index in [0.717, 1.165) is 16.1 Å². The number of benzene rings is 2. The summed E-state index contributed by atoms with van der Waals surface area (Å²) in [6, 6.07) is 12.1. The van der Waals surface area contributed by atoms with Gasteiger partial charge in [-0.25, -0.2) is 8.42 Å². The van der Waals surface area contributed by atoms with Crippen LogP contribution in [0.1, 0.15) is 25.3 Å². The first-order valence-corrected chi connectivity index (χ1v) is 10.6. The van der Waals surface area contributed by atoms with Gasteiger partial charge in [0.2, 0.25) is 15.9 Å². The lowest BCUT2D eigenvalue weighted by atomic mass is 10.0. The summed E-state index contributed by atoms with van der Waals surface area (Å²) >= 11 is 0. The second-order valence-electron chi connectivity index (χ2n) is 6.60. The lowest BCUT2D eigenvalue weighted by molar-refractivity contribution is -0.114. The average Bonchev–Trinajstić information content (AvgIpc) is 2.65. The van der Waals surface area contributed by atoms with Crippen LogP contribution in [0, 0.1) is 0 Å². The van der Waals surface area contributed by atoms with Gasteiger partial charge in [0.05, 0.1) is 26.2 Å². The van der Waals surface area contributed by atoms with Crippen molar-refractivity contribution < 1.29 is 22.7 Å². The molecule has 28 heavy (non-hydrogen) atoms. The Hall–Kier alpha value is -2.74. The summed E-state index contributed by atoms with van der Waals surface area (Å²) in [5, 5.41) is 2.81. The molecule has 0 saturated carbocycles. The van der Waals surface area contributed by atoms with Crippen molar-refractivity contribution in [2.45, 2.75) is 19.8 Å². The minimum absolute atomic E-state index is 0.216. The first-order valence-electron chi connectivity index (χ1n) is 8.76. The zero-order chi connectivity index (χ0) is 20.9. The predicted molar refractivity (Wildman–Crippen MR) is 111 cm³/mol. The number of carbonyl (C=O) groups excluding carboxylic acids is 1. The molecule has 2 aromatic carbocycles. The number of ether oxygens (including phenoxy) is 2. The molecule has 0 fully saturated rings. The van der Waals surface area contributed by atoms with Gasteiger partial charge in [0, 0.05) is 11.8 Å². The molecule has 0 saturated heterocycles. The largest absolute Gasteiger partial charge is 0.493 e. The number of nitrogens with zero attached hydrogens (tertiary/aromatic N) is 1. The Morgan fingerprint density at radius 3 is 2.29 bits per heavy atom. The number of anilines is 2. The summed E-state index contributed by atoms with van der Waals surface area (Å²) in [6.45, 7) is 3.69. The van der Waals surface area contributed by atoms with Crippen LogP contribution >= 0.6 is 0 Å². The van der Waals surface area contributed by atoms with E-state index < -0.39 is 15.9 Å². The molecule has 1 N–H and O–H groups in total. The summed E-state index contributed by atoms with van der Waals surface area (Å²) in [5.74, 6) is 0.621. The third-order valence-electron chi connectivity index (χ3n) is 4.20. The maximum atomic E-state index is 12.6. The van der Waals surface area contributed by atoms with Crippen molar-refractivity contribution in [1.29, 1.82) is 0 Å². The molecule has 0 bridgehead atoms. The van der Waals surface area contributed by atoms with E-state index in [0.29, 0.717) is 22.9 Å². The Balaban J connectivity index is 2.30. The van der Waals surface area contributed by atoms with Gasteiger partial charge in [-0.15, -0.1) is 0 Å². The Morgan fingerprint density at radius 1 is 1.07 bits per heavy atom. The maximum Gasteiger partial charge on any atom is 0.245 e. The van der Waals surface area contributed by atoms with Crippen molar-refractivity contribution in [1.82, 2.24) is 0 Å². The van der Waals surface area contributed by atoms with Crippen LogP contribution in [0.25, 0.3) is 0 Å². The zero-order valence-electron chi connectivity index (χ0n) is 16.7. The number of sulfonamides is 1. The van der Waals surface area contributed by atoms with Crippen LogP contribution in [0.5, 0.6) is 11.5 Å². The molecule has 0 spiro atoms. The minimum atomic E-state index is -3.70. The molecule has 0 unspecified atom stereocenters. The molecule has 0 atom stereocenters. The molecular weight excluding hydrogens is 380 g/mol. The Labute approximate surface area is 166 Å². The molecule has 0 radical (unpaired) electrons. The first-order chi connectivity index (χ1) is 13.2. The van der Waals surface area contributed by atoms with Crippen LogP contribution in [0.15, 0.2) is 42.5 Å². The summed E-state index contributed by atoms with van der Waals surface area (Å²) in [4.78, 5) is 12.6. The maximum absolute atomic E-state index is 12.6. The summed E-state index contributed by atoms with van der Waals surface area (Å²) in [6.07, 6.45) is 1.05. The normalized spacial score (nSPS) is 11.2. The van der Waals surface area contributed by atoms with Crippen LogP contribution < -0.4 is 19.1 Å².